The molecule has 0 radical (unpaired) electrons. The second-order valence-corrected chi connectivity index (χ2v) is 12.2. The number of hydrogen-bond acceptors (Lipinski definition) is 7. The van der Waals surface area contributed by atoms with Crippen molar-refractivity contribution in [2.24, 2.45) is 5.92 Å². The van der Waals surface area contributed by atoms with Crippen LogP contribution in [0.1, 0.15) is 71.8 Å². The fraction of sp³-hybridized carbons (Fsp3) is 0.586. The molecule has 5 rings (SSSR count). The van der Waals surface area contributed by atoms with Crippen molar-refractivity contribution < 1.29 is 29.0 Å². The maximum absolute atomic E-state index is 14.1. The fourth-order valence-electron chi connectivity index (χ4n) is 5.73. The van der Waals surface area contributed by atoms with Gasteiger partial charge in [-0.3, -0.25) is 9.59 Å². The van der Waals surface area contributed by atoms with Crippen LogP contribution in [0.4, 0.5) is 4.79 Å². The SMILES string of the molecule is CC(C)(C)OC(=O)N[C@H]1CCCCC/C=C\[C@H]2C[C@@]2(C(=O)O)NC(=O)[C@@H]2C[C@H](n3nc4ccccc4n3)CN2C1=O. The Hall–Kier alpha value is -3.96. The van der Waals surface area contributed by atoms with Crippen molar-refractivity contribution in [3.05, 3.63) is 36.4 Å². The number of carbonyl (C=O) groups excluding carboxylic acids is 3. The molecule has 2 aromatic rings. The van der Waals surface area contributed by atoms with Crippen molar-refractivity contribution in [2.75, 3.05) is 6.54 Å². The molecule has 12 heteroatoms. The van der Waals surface area contributed by atoms with Crippen LogP contribution in [-0.2, 0) is 19.1 Å². The van der Waals surface area contributed by atoms with Gasteiger partial charge in [0.1, 0.15) is 34.3 Å². The summed E-state index contributed by atoms with van der Waals surface area (Å²) in [6.07, 6.45) is 7.14. The largest absolute Gasteiger partial charge is 0.479 e. The van der Waals surface area contributed by atoms with Crippen LogP contribution in [-0.4, -0.2) is 78.6 Å². The van der Waals surface area contributed by atoms with Crippen LogP contribution in [0.25, 0.3) is 11.0 Å². The van der Waals surface area contributed by atoms with Gasteiger partial charge in [-0.1, -0.05) is 37.1 Å². The Bertz CT molecular complexity index is 1330. The Balaban J connectivity index is 1.46. The predicted molar refractivity (Wildman–Crippen MR) is 149 cm³/mol. The summed E-state index contributed by atoms with van der Waals surface area (Å²) in [5.74, 6) is -2.36. The third kappa shape index (κ3) is 6.20. The van der Waals surface area contributed by atoms with Crippen molar-refractivity contribution >= 4 is 34.9 Å². The van der Waals surface area contributed by atoms with Gasteiger partial charge in [-0.05, 0) is 58.6 Å². The van der Waals surface area contributed by atoms with Gasteiger partial charge >= 0.3 is 12.1 Å². The molecule has 0 unspecified atom stereocenters. The maximum Gasteiger partial charge on any atom is 0.408 e. The van der Waals surface area contributed by atoms with Gasteiger partial charge in [0.25, 0.3) is 0 Å². The molecule has 1 saturated carbocycles. The van der Waals surface area contributed by atoms with E-state index in [0.29, 0.717) is 30.3 Å². The van der Waals surface area contributed by atoms with E-state index in [1.807, 2.05) is 36.4 Å². The van der Waals surface area contributed by atoms with Crippen molar-refractivity contribution in [3.8, 4) is 0 Å². The van der Waals surface area contributed by atoms with E-state index < -0.39 is 53.1 Å². The highest BCUT2D eigenvalue weighted by Crippen LogP contribution is 2.45. The topological polar surface area (TPSA) is 156 Å². The molecule has 3 aliphatic rings. The zero-order valence-corrected chi connectivity index (χ0v) is 23.7. The van der Waals surface area contributed by atoms with Gasteiger partial charge in [0.05, 0.1) is 6.04 Å². The molecule has 2 fully saturated rings. The van der Waals surface area contributed by atoms with Gasteiger partial charge in [0, 0.05) is 18.9 Å². The Labute approximate surface area is 238 Å². The van der Waals surface area contributed by atoms with Crippen molar-refractivity contribution in [1.82, 2.24) is 30.5 Å². The third-order valence-corrected chi connectivity index (χ3v) is 7.96. The highest BCUT2D eigenvalue weighted by molar-refractivity contribution is 5.96. The van der Waals surface area contributed by atoms with Gasteiger partial charge in [-0.25, -0.2) is 9.59 Å². The lowest BCUT2D eigenvalue weighted by atomic mass is 10.0. The Morgan fingerprint density at radius 3 is 2.49 bits per heavy atom. The van der Waals surface area contributed by atoms with E-state index in [-0.39, 0.29) is 18.9 Å². The minimum absolute atomic E-state index is 0.133. The molecule has 1 aromatic heterocycles. The summed E-state index contributed by atoms with van der Waals surface area (Å²) in [5, 5.41) is 24.7. The molecule has 3 N–H and O–H groups in total. The molecule has 41 heavy (non-hydrogen) atoms. The van der Waals surface area contributed by atoms with E-state index in [1.54, 1.807) is 20.8 Å². The second kappa shape index (κ2) is 11.1. The Morgan fingerprint density at radius 2 is 1.83 bits per heavy atom. The summed E-state index contributed by atoms with van der Waals surface area (Å²) in [7, 11) is 0. The highest BCUT2D eigenvalue weighted by atomic mass is 16.6. The van der Waals surface area contributed by atoms with Crippen LogP contribution in [0.5, 0.6) is 0 Å². The van der Waals surface area contributed by atoms with Crippen molar-refractivity contribution in [3.63, 3.8) is 0 Å². The second-order valence-electron chi connectivity index (χ2n) is 12.2. The lowest BCUT2D eigenvalue weighted by Crippen LogP contribution is -2.56. The van der Waals surface area contributed by atoms with E-state index >= 15 is 0 Å². The molecular formula is C29H38N6O6. The van der Waals surface area contributed by atoms with Crippen molar-refractivity contribution in [2.45, 2.75) is 95.0 Å². The summed E-state index contributed by atoms with van der Waals surface area (Å²) in [5.41, 5.74) is -0.766. The number of carbonyl (C=O) groups is 4. The van der Waals surface area contributed by atoms with Gasteiger partial charge in [-0.15, -0.1) is 0 Å². The Morgan fingerprint density at radius 1 is 1.12 bits per heavy atom. The first kappa shape index (κ1) is 28.6. The molecule has 2 aliphatic heterocycles. The molecule has 3 heterocycles. The van der Waals surface area contributed by atoms with Crippen LogP contribution in [0.3, 0.4) is 0 Å². The Kier molecular flexibility index (Phi) is 7.76. The summed E-state index contributed by atoms with van der Waals surface area (Å²) < 4.78 is 5.43. The molecule has 0 spiro atoms. The van der Waals surface area contributed by atoms with E-state index in [1.165, 1.54) is 9.70 Å². The van der Waals surface area contributed by atoms with E-state index in [0.717, 1.165) is 19.3 Å². The average Bonchev–Trinajstić information content (AvgIpc) is 3.23. The van der Waals surface area contributed by atoms with Crippen LogP contribution in [0.15, 0.2) is 36.4 Å². The molecule has 5 atom stereocenters. The zero-order valence-electron chi connectivity index (χ0n) is 23.7. The molecule has 0 bridgehead atoms. The first-order valence-corrected chi connectivity index (χ1v) is 14.3. The number of alkyl carbamates (subject to hydrolysis) is 1. The number of aromatic nitrogens is 3. The number of benzene rings is 1. The third-order valence-electron chi connectivity index (χ3n) is 7.96. The van der Waals surface area contributed by atoms with Crippen LogP contribution in [0.2, 0.25) is 0 Å². The number of fused-ring (bicyclic) bond motifs is 3. The molecule has 12 nitrogen and oxygen atoms in total. The molecule has 3 amide bonds. The number of allylic oxidation sites excluding steroid dienone is 1. The number of amides is 3. The van der Waals surface area contributed by atoms with Crippen LogP contribution >= 0.6 is 0 Å². The molecule has 220 valence electrons. The number of carboxylic acid groups (broad SMARTS) is 1. The first-order valence-electron chi connectivity index (χ1n) is 14.3. The van der Waals surface area contributed by atoms with Gasteiger partial charge in [-0.2, -0.15) is 15.0 Å². The molecule has 1 aliphatic carbocycles. The maximum atomic E-state index is 14.1. The molecule has 1 aromatic carbocycles. The standard InChI is InChI=1S/C29H38N6O6/c1-28(2,3)41-27(40)30-22-14-8-6-4-5-7-11-18-16-29(18,26(38)39)31-24(36)23-15-19(17-34(23)25(22)37)35-32-20-12-9-10-13-21(20)33-35/h7,9-13,18-19,22-23H,4-6,8,14-17H2,1-3H3,(H,30,40)(H,31,36)(H,38,39)/b11-7-/t18-,19-,22-,23-,29+/m0/s1. The quantitative estimate of drug-likeness (QED) is 0.479. The number of aliphatic carboxylic acids is 1. The van der Waals surface area contributed by atoms with Gasteiger partial charge < -0.3 is 25.4 Å². The van der Waals surface area contributed by atoms with Crippen LogP contribution in [0, 0.1) is 5.92 Å². The fourth-order valence-corrected chi connectivity index (χ4v) is 5.73. The summed E-state index contributed by atoms with van der Waals surface area (Å²) in [6, 6.07) is 5.10. The number of ether oxygens (including phenoxy) is 1. The van der Waals surface area contributed by atoms with E-state index in [4.69, 9.17) is 4.74 Å². The number of hydrogen-bond donors (Lipinski definition) is 3. The summed E-state index contributed by atoms with van der Waals surface area (Å²) in [4.78, 5) is 55.8. The smallest absolute Gasteiger partial charge is 0.408 e. The number of rotatable bonds is 3. The highest BCUT2D eigenvalue weighted by Gasteiger charge is 2.61. The first-order chi connectivity index (χ1) is 19.5. The lowest BCUT2D eigenvalue weighted by Gasteiger charge is -2.30. The minimum atomic E-state index is -1.40. The van der Waals surface area contributed by atoms with Gasteiger partial charge in [0.15, 0.2) is 0 Å². The lowest BCUT2D eigenvalue weighted by molar-refractivity contribution is -0.145. The monoisotopic (exact) mass is 566 g/mol. The normalized spacial score (nSPS) is 29.9. The summed E-state index contributed by atoms with van der Waals surface area (Å²) >= 11 is 0. The van der Waals surface area contributed by atoms with Crippen molar-refractivity contribution in [1.29, 1.82) is 0 Å². The van der Waals surface area contributed by atoms with E-state index in [2.05, 4.69) is 20.8 Å². The number of nitrogens with zero attached hydrogens (tertiary/aromatic N) is 4. The predicted octanol–water partition coefficient (Wildman–Crippen LogP) is 2.95. The molecular weight excluding hydrogens is 528 g/mol. The van der Waals surface area contributed by atoms with Gasteiger partial charge in [0.2, 0.25) is 11.8 Å². The summed E-state index contributed by atoms with van der Waals surface area (Å²) in [6.45, 7) is 5.37. The van der Waals surface area contributed by atoms with Crippen LogP contribution < -0.4 is 10.6 Å². The molecule has 1 saturated heterocycles. The minimum Gasteiger partial charge on any atom is -0.479 e. The number of nitrogens with one attached hydrogen (secondary N) is 2. The van der Waals surface area contributed by atoms with E-state index in [9.17, 15) is 24.3 Å². The zero-order chi connectivity index (χ0) is 29.4. The number of carboxylic acids is 1. The average molecular weight is 567 g/mol.